The van der Waals surface area contributed by atoms with Crippen LogP contribution in [0.5, 0.6) is 0 Å². The van der Waals surface area contributed by atoms with Crippen molar-refractivity contribution in [3.63, 3.8) is 0 Å². The molecule has 0 saturated heterocycles. The molecule has 0 radical (unpaired) electrons. The van der Waals surface area contributed by atoms with Crippen molar-refractivity contribution in [3.05, 3.63) is 28.2 Å². The lowest BCUT2D eigenvalue weighted by molar-refractivity contribution is 0.583. The van der Waals surface area contributed by atoms with Gasteiger partial charge in [0.15, 0.2) is 0 Å². The van der Waals surface area contributed by atoms with Gasteiger partial charge in [0.2, 0.25) is 0 Å². The van der Waals surface area contributed by atoms with Crippen LogP contribution in [0, 0.1) is 0 Å². The van der Waals surface area contributed by atoms with E-state index in [-0.39, 0.29) is 0 Å². The number of anilines is 1. The summed E-state index contributed by atoms with van der Waals surface area (Å²) in [7, 11) is 4.20. The molecule has 82 valence electrons. The van der Waals surface area contributed by atoms with Crippen LogP contribution in [0.15, 0.2) is 22.7 Å². The van der Waals surface area contributed by atoms with Crippen LogP contribution >= 0.6 is 15.9 Å². The molecule has 2 rings (SSSR count). The van der Waals surface area contributed by atoms with Gasteiger partial charge in [-0.25, -0.2) is 0 Å². The number of rotatable bonds is 3. The first-order valence-corrected chi connectivity index (χ1v) is 6.18. The van der Waals surface area contributed by atoms with Crippen LogP contribution < -0.4 is 10.2 Å². The summed E-state index contributed by atoms with van der Waals surface area (Å²) in [6.07, 6.45) is 2.36. The van der Waals surface area contributed by atoms with Crippen molar-refractivity contribution in [2.45, 2.75) is 18.9 Å². The molecular weight excluding hydrogens is 252 g/mol. The Morgan fingerprint density at radius 1 is 1.53 bits per heavy atom. The summed E-state index contributed by atoms with van der Waals surface area (Å²) in [6, 6.07) is 7.10. The summed E-state index contributed by atoms with van der Waals surface area (Å²) in [5.41, 5.74) is 2.84. The van der Waals surface area contributed by atoms with Crippen LogP contribution in [-0.4, -0.2) is 26.7 Å². The quantitative estimate of drug-likeness (QED) is 0.906. The molecule has 0 amide bonds. The Kier molecular flexibility index (Phi) is 3.32. The molecule has 1 aromatic carbocycles. The summed E-state index contributed by atoms with van der Waals surface area (Å²) in [5.74, 6) is 0. The summed E-state index contributed by atoms with van der Waals surface area (Å²) >= 11 is 3.63. The van der Waals surface area contributed by atoms with Crippen molar-refractivity contribution in [2.75, 3.05) is 25.5 Å². The second-order valence-electron chi connectivity index (χ2n) is 4.10. The summed E-state index contributed by atoms with van der Waals surface area (Å²) in [5, 5.41) is 3.22. The molecule has 1 aliphatic rings. The lowest BCUT2D eigenvalue weighted by Crippen LogP contribution is -2.30. The Morgan fingerprint density at radius 2 is 2.33 bits per heavy atom. The molecule has 0 aromatic heterocycles. The minimum absolute atomic E-state index is 0.645. The zero-order valence-corrected chi connectivity index (χ0v) is 10.8. The highest BCUT2D eigenvalue weighted by Gasteiger charge is 2.26. The van der Waals surface area contributed by atoms with E-state index in [0.717, 1.165) is 13.0 Å². The van der Waals surface area contributed by atoms with Crippen LogP contribution in [0.3, 0.4) is 0 Å². The maximum atomic E-state index is 3.63. The van der Waals surface area contributed by atoms with Crippen molar-refractivity contribution in [2.24, 2.45) is 0 Å². The fourth-order valence-corrected chi connectivity index (χ4v) is 2.77. The van der Waals surface area contributed by atoms with Gasteiger partial charge in [-0.05, 0) is 44.1 Å². The average molecular weight is 269 g/mol. The molecule has 2 nitrogen and oxygen atoms in total. The number of nitrogens with one attached hydrogen (secondary N) is 1. The SMILES string of the molecule is CNCCC1Cc2c(Br)cccc2N1C. The highest BCUT2D eigenvalue weighted by atomic mass is 79.9. The number of likely N-dealkylation sites (N-methyl/N-ethyl adjacent to an activating group) is 1. The van der Waals surface area contributed by atoms with Gasteiger partial charge in [-0.1, -0.05) is 22.0 Å². The first-order valence-electron chi connectivity index (χ1n) is 5.39. The summed E-state index contributed by atoms with van der Waals surface area (Å²) < 4.78 is 1.25. The second kappa shape index (κ2) is 4.54. The lowest BCUT2D eigenvalue weighted by atomic mass is 10.1. The third-order valence-electron chi connectivity index (χ3n) is 3.19. The molecule has 1 aromatic rings. The molecule has 0 saturated carbocycles. The minimum atomic E-state index is 0.645. The van der Waals surface area contributed by atoms with Gasteiger partial charge in [0.1, 0.15) is 0 Å². The van der Waals surface area contributed by atoms with Crippen molar-refractivity contribution in [3.8, 4) is 0 Å². The molecule has 3 heteroatoms. The van der Waals surface area contributed by atoms with Gasteiger partial charge in [-0.15, -0.1) is 0 Å². The fourth-order valence-electron chi connectivity index (χ4n) is 2.26. The highest BCUT2D eigenvalue weighted by Crippen LogP contribution is 2.36. The third kappa shape index (κ3) is 2.04. The topological polar surface area (TPSA) is 15.3 Å². The van der Waals surface area contributed by atoms with E-state index in [0.29, 0.717) is 6.04 Å². The van der Waals surface area contributed by atoms with E-state index in [1.807, 2.05) is 7.05 Å². The van der Waals surface area contributed by atoms with Crippen molar-refractivity contribution < 1.29 is 0 Å². The largest absolute Gasteiger partial charge is 0.371 e. The first-order chi connectivity index (χ1) is 7.24. The Hall–Kier alpha value is -0.540. The van der Waals surface area contributed by atoms with Crippen molar-refractivity contribution in [1.29, 1.82) is 0 Å². The molecule has 1 atom stereocenters. The van der Waals surface area contributed by atoms with Crippen LogP contribution in [0.4, 0.5) is 5.69 Å². The zero-order valence-electron chi connectivity index (χ0n) is 9.26. The first kappa shape index (κ1) is 11.0. The predicted molar refractivity (Wildman–Crippen MR) is 68.6 cm³/mol. The number of nitrogens with zero attached hydrogens (tertiary/aromatic N) is 1. The maximum absolute atomic E-state index is 3.63. The van der Waals surface area contributed by atoms with Gasteiger partial charge >= 0.3 is 0 Å². The van der Waals surface area contributed by atoms with Crippen LogP contribution in [0.25, 0.3) is 0 Å². The van der Waals surface area contributed by atoms with E-state index in [1.54, 1.807) is 0 Å². The molecule has 0 fully saturated rings. The van der Waals surface area contributed by atoms with Gasteiger partial charge < -0.3 is 10.2 Å². The van der Waals surface area contributed by atoms with E-state index < -0.39 is 0 Å². The van der Waals surface area contributed by atoms with Gasteiger partial charge in [0.05, 0.1) is 0 Å². The summed E-state index contributed by atoms with van der Waals surface area (Å²) in [6.45, 7) is 1.08. The van der Waals surface area contributed by atoms with Crippen LogP contribution in [-0.2, 0) is 6.42 Å². The van der Waals surface area contributed by atoms with Gasteiger partial charge in [-0.2, -0.15) is 0 Å². The van der Waals surface area contributed by atoms with Crippen molar-refractivity contribution in [1.82, 2.24) is 5.32 Å². The number of hydrogen-bond acceptors (Lipinski definition) is 2. The van der Waals surface area contributed by atoms with E-state index in [2.05, 4.69) is 51.4 Å². The Morgan fingerprint density at radius 3 is 3.00 bits per heavy atom. The summed E-state index contributed by atoms with van der Waals surface area (Å²) in [4.78, 5) is 2.40. The molecule has 0 bridgehead atoms. The molecule has 1 aliphatic heterocycles. The van der Waals surface area contributed by atoms with Gasteiger partial charge in [0.25, 0.3) is 0 Å². The lowest BCUT2D eigenvalue weighted by Gasteiger charge is -2.22. The Labute approximate surface area is 99.8 Å². The maximum Gasteiger partial charge on any atom is 0.0410 e. The molecule has 1 N–H and O–H groups in total. The average Bonchev–Trinajstić information content (AvgIpc) is 2.55. The third-order valence-corrected chi connectivity index (χ3v) is 3.93. The molecule has 1 unspecified atom stereocenters. The fraction of sp³-hybridized carbons (Fsp3) is 0.500. The van der Waals surface area contributed by atoms with E-state index >= 15 is 0 Å². The minimum Gasteiger partial charge on any atom is -0.371 e. The molecule has 0 aliphatic carbocycles. The molecular formula is C12H17BrN2. The number of fused-ring (bicyclic) bond motifs is 1. The second-order valence-corrected chi connectivity index (χ2v) is 4.95. The van der Waals surface area contributed by atoms with Gasteiger partial charge in [0, 0.05) is 23.2 Å². The smallest absolute Gasteiger partial charge is 0.0410 e. The van der Waals surface area contributed by atoms with Crippen LogP contribution in [0.2, 0.25) is 0 Å². The van der Waals surface area contributed by atoms with Gasteiger partial charge in [-0.3, -0.25) is 0 Å². The Balaban J connectivity index is 2.18. The zero-order chi connectivity index (χ0) is 10.8. The van der Waals surface area contributed by atoms with Crippen LogP contribution in [0.1, 0.15) is 12.0 Å². The van der Waals surface area contributed by atoms with E-state index in [9.17, 15) is 0 Å². The molecule has 0 spiro atoms. The molecule has 15 heavy (non-hydrogen) atoms. The molecule has 1 heterocycles. The highest BCUT2D eigenvalue weighted by molar-refractivity contribution is 9.10. The number of hydrogen-bond donors (Lipinski definition) is 1. The monoisotopic (exact) mass is 268 g/mol. The van der Waals surface area contributed by atoms with Crippen molar-refractivity contribution >= 4 is 21.6 Å². The number of benzene rings is 1. The Bertz CT molecular complexity index is 351. The van der Waals surface area contributed by atoms with E-state index in [1.165, 1.54) is 22.1 Å². The van der Waals surface area contributed by atoms with E-state index in [4.69, 9.17) is 0 Å². The standard InChI is InChI=1S/C12H17BrN2/c1-14-7-6-9-8-10-11(13)4-3-5-12(10)15(9)2/h3-5,9,14H,6-8H2,1-2H3. The number of halogens is 1. The predicted octanol–water partition coefficient (Wildman–Crippen LogP) is 2.42. The normalized spacial score (nSPS) is 19.4.